The van der Waals surface area contributed by atoms with E-state index >= 15 is 0 Å². The van der Waals surface area contributed by atoms with E-state index in [1.165, 1.54) is 49.3 Å². The summed E-state index contributed by atoms with van der Waals surface area (Å²) in [5.74, 6) is 0.0166. The Bertz CT molecular complexity index is 1030. The van der Waals surface area contributed by atoms with Gasteiger partial charge in [0.15, 0.2) is 0 Å². The quantitative estimate of drug-likeness (QED) is 0.331. The van der Waals surface area contributed by atoms with Crippen LogP contribution in [0.2, 0.25) is 5.02 Å². The fourth-order valence-corrected chi connectivity index (χ4v) is 5.29. The molecule has 0 spiro atoms. The molecule has 4 rings (SSSR count). The maximum absolute atomic E-state index is 14.4. The molecule has 0 aromatic heterocycles. The van der Waals surface area contributed by atoms with E-state index in [0.717, 1.165) is 35.6 Å². The second-order valence-corrected chi connectivity index (χ2v) is 9.06. The summed E-state index contributed by atoms with van der Waals surface area (Å²) < 4.78 is 28.4. The average Bonchev–Trinajstić information content (AvgIpc) is 2.75. The van der Waals surface area contributed by atoms with Crippen LogP contribution in [0.4, 0.5) is 8.78 Å². The Kier molecular flexibility index (Phi) is 6.73. The van der Waals surface area contributed by atoms with Gasteiger partial charge < -0.3 is 0 Å². The molecule has 0 amide bonds. The number of aryl methyl sites for hydroxylation is 1. The number of hydrogen-bond donors (Lipinski definition) is 0. The van der Waals surface area contributed by atoms with Gasteiger partial charge in [0.1, 0.15) is 11.6 Å². The molecule has 0 nitrogen and oxygen atoms in total. The first-order valence-corrected chi connectivity index (χ1v) is 11.6. The van der Waals surface area contributed by atoms with Crippen LogP contribution in [0, 0.1) is 17.6 Å². The van der Waals surface area contributed by atoms with Crippen molar-refractivity contribution in [2.24, 2.45) is 5.92 Å². The predicted molar refractivity (Wildman–Crippen MR) is 122 cm³/mol. The van der Waals surface area contributed by atoms with Gasteiger partial charge in [0.25, 0.3) is 0 Å². The van der Waals surface area contributed by atoms with Gasteiger partial charge in [-0.15, -0.1) is 0 Å². The normalized spacial score (nSPS) is 18.5. The van der Waals surface area contributed by atoms with Gasteiger partial charge in [0.2, 0.25) is 0 Å². The summed E-state index contributed by atoms with van der Waals surface area (Å²) in [4.78, 5) is 0. The van der Waals surface area contributed by atoms with Crippen LogP contribution in [0.1, 0.15) is 74.5 Å². The third-order valence-electron chi connectivity index (χ3n) is 6.68. The van der Waals surface area contributed by atoms with Crippen molar-refractivity contribution in [1.82, 2.24) is 0 Å². The molecule has 0 fully saturated rings. The van der Waals surface area contributed by atoms with Crippen LogP contribution < -0.4 is 0 Å². The Morgan fingerprint density at radius 2 is 1.73 bits per heavy atom. The lowest BCUT2D eigenvalue weighted by atomic mass is 9.69. The van der Waals surface area contributed by atoms with Gasteiger partial charge in [0.05, 0.1) is 5.02 Å². The second kappa shape index (κ2) is 9.47. The van der Waals surface area contributed by atoms with Gasteiger partial charge in [-0.25, -0.2) is 8.78 Å². The average molecular weight is 427 g/mol. The molecule has 0 N–H and O–H groups in total. The number of unbranched alkanes of at least 4 members (excludes halogenated alkanes) is 4. The minimum Gasteiger partial charge on any atom is -0.207 e. The van der Waals surface area contributed by atoms with Crippen molar-refractivity contribution >= 4 is 22.4 Å². The molecular weight excluding hydrogens is 398 g/mol. The van der Waals surface area contributed by atoms with Crippen molar-refractivity contribution in [2.45, 2.75) is 64.2 Å². The second-order valence-electron chi connectivity index (χ2n) is 8.65. The zero-order valence-corrected chi connectivity index (χ0v) is 18.3. The van der Waals surface area contributed by atoms with Crippen LogP contribution in [-0.4, -0.2) is 0 Å². The van der Waals surface area contributed by atoms with E-state index in [1.807, 2.05) is 12.1 Å². The maximum Gasteiger partial charge on any atom is 0.142 e. The summed E-state index contributed by atoms with van der Waals surface area (Å²) in [6, 6.07) is 14.5. The minimum atomic E-state index is -0.366. The standard InChI is InChI=1S/C27H29ClF2/c1-2-3-4-5-6-7-19-10-13-22-23(14-9-18-8-12-21(29)17-24(18)22)27(19)20-11-15-25(28)26(30)16-20/h8-9,11-12,14-17,19,27H,2-7,10,13H2,1H3/t19-,27-/m1/s1. The van der Waals surface area contributed by atoms with Gasteiger partial charge in [-0.3, -0.25) is 0 Å². The van der Waals surface area contributed by atoms with Crippen molar-refractivity contribution in [3.05, 3.63) is 81.9 Å². The Balaban J connectivity index is 1.72. The summed E-state index contributed by atoms with van der Waals surface area (Å²) in [5.41, 5.74) is 3.42. The Labute approximate surface area is 183 Å². The lowest BCUT2D eigenvalue weighted by molar-refractivity contribution is 0.366. The number of benzene rings is 3. The van der Waals surface area contributed by atoms with E-state index in [-0.39, 0.29) is 22.6 Å². The lowest BCUT2D eigenvalue weighted by Gasteiger charge is -2.35. The van der Waals surface area contributed by atoms with Gasteiger partial charge in [-0.05, 0) is 76.9 Å². The van der Waals surface area contributed by atoms with E-state index in [4.69, 9.17) is 11.6 Å². The van der Waals surface area contributed by atoms with Crippen LogP contribution in [0.25, 0.3) is 10.8 Å². The summed E-state index contributed by atoms with van der Waals surface area (Å²) in [5, 5.41) is 2.22. The van der Waals surface area contributed by atoms with Gasteiger partial charge in [0, 0.05) is 5.92 Å². The summed E-state index contributed by atoms with van der Waals surface area (Å²) in [6.07, 6.45) is 9.40. The zero-order chi connectivity index (χ0) is 21.1. The molecule has 3 aromatic rings. The maximum atomic E-state index is 14.4. The van der Waals surface area contributed by atoms with E-state index < -0.39 is 0 Å². The molecule has 0 heterocycles. The van der Waals surface area contributed by atoms with Gasteiger partial charge in [-0.1, -0.05) is 74.9 Å². The monoisotopic (exact) mass is 426 g/mol. The van der Waals surface area contributed by atoms with Crippen LogP contribution in [0.15, 0.2) is 48.5 Å². The number of hydrogen-bond acceptors (Lipinski definition) is 0. The Morgan fingerprint density at radius 1 is 0.933 bits per heavy atom. The van der Waals surface area contributed by atoms with Crippen LogP contribution in [-0.2, 0) is 6.42 Å². The molecule has 0 saturated carbocycles. The third kappa shape index (κ3) is 4.39. The van der Waals surface area contributed by atoms with E-state index in [1.54, 1.807) is 18.2 Å². The predicted octanol–water partition coefficient (Wildman–Crippen LogP) is 8.83. The third-order valence-corrected chi connectivity index (χ3v) is 6.99. The van der Waals surface area contributed by atoms with Crippen molar-refractivity contribution in [3.63, 3.8) is 0 Å². The molecule has 1 aliphatic carbocycles. The molecule has 0 unspecified atom stereocenters. The molecule has 0 saturated heterocycles. The van der Waals surface area contributed by atoms with Crippen molar-refractivity contribution in [2.75, 3.05) is 0 Å². The highest BCUT2D eigenvalue weighted by atomic mass is 35.5. The molecule has 0 aliphatic heterocycles. The van der Waals surface area contributed by atoms with Crippen LogP contribution in [0.3, 0.4) is 0 Å². The number of rotatable bonds is 7. The molecule has 3 heteroatoms. The first kappa shape index (κ1) is 21.3. The fraction of sp³-hybridized carbons (Fsp3) is 0.407. The minimum absolute atomic E-state index is 0.124. The van der Waals surface area contributed by atoms with E-state index in [9.17, 15) is 8.78 Å². The Hall–Kier alpha value is -1.93. The molecular formula is C27H29ClF2. The SMILES string of the molecule is CCCCCCC[C@@H]1CCc2c(ccc3ccc(F)cc23)[C@H]1c1ccc(Cl)c(F)c1. The lowest BCUT2D eigenvalue weighted by Crippen LogP contribution is -2.22. The summed E-state index contributed by atoms with van der Waals surface area (Å²) in [7, 11) is 0. The summed E-state index contributed by atoms with van der Waals surface area (Å²) >= 11 is 5.97. The fourth-order valence-electron chi connectivity index (χ4n) is 5.17. The van der Waals surface area contributed by atoms with Crippen LogP contribution >= 0.6 is 11.6 Å². The molecule has 1 aliphatic rings. The van der Waals surface area contributed by atoms with E-state index in [0.29, 0.717) is 5.92 Å². The topological polar surface area (TPSA) is 0 Å². The molecule has 2 atom stereocenters. The van der Waals surface area contributed by atoms with Gasteiger partial charge >= 0.3 is 0 Å². The molecule has 30 heavy (non-hydrogen) atoms. The van der Waals surface area contributed by atoms with Gasteiger partial charge in [-0.2, -0.15) is 0 Å². The van der Waals surface area contributed by atoms with Crippen LogP contribution in [0.5, 0.6) is 0 Å². The highest BCUT2D eigenvalue weighted by Gasteiger charge is 2.32. The van der Waals surface area contributed by atoms with Crippen molar-refractivity contribution in [3.8, 4) is 0 Å². The Morgan fingerprint density at radius 3 is 2.53 bits per heavy atom. The first-order chi connectivity index (χ1) is 14.6. The first-order valence-electron chi connectivity index (χ1n) is 11.2. The highest BCUT2D eigenvalue weighted by Crippen LogP contribution is 2.45. The van der Waals surface area contributed by atoms with Crippen molar-refractivity contribution < 1.29 is 8.78 Å². The molecule has 158 valence electrons. The van der Waals surface area contributed by atoms with Crippen molar-refractivity contribution in [1.29, 1.82) is 0 Å². The smallest absolute Gasteiger partial charge is 0.142 e. The molecule has 0 bridgehead atoms. The molecule has 3 aromatic carbocycles. The largest absolute Gasteiger partial charge is 0.207 e. The highest BCUT2D eigenvalue weighted by molar-refractivity contribution is 6.30. The summed E-state index contributed by atoms with van der Waals surface area (Å²) in [6.45, 7) is 2.23. The molecule has 0 radical (unpaired) electrons. The number of fused-ring (bicyclic) bond motifs is 3. The number of halogens is 3. The zero-order valence-electron chi connectivity index (χ0n) is 17.6. The van der Waals surface area contributed by atoms with E-state index in [2.05, 4.69) is 19.1 Å².